The van der Waals surface area contributed by atoms with Crippen LogP contribution in [0.15, 0.2) is 40.4 Å². The minimum Gasteiger partial charge on any atom is -0.497 e. The first-order valence-electron chi connectivity index (χ1n) is 5.92. The Bertz CT molecular complexity index is 572. The first-order chi connectivity index (χ1) is 10.0. The van der Waals surface area contributed by atoms with Crippen molar-refractivity contribution in [3.05, 3.63) is 46.0 Å². The Morgan fingerprint density at radius 1 is 1.10 bits per heavy atom. The third-order valence-electron chi connectivity index (χ3n) is 2.55. The Labute approximate surface area is 131 Å². The van der Waals surface area contributed by atoms with Gasteiger partial charge in [0, 0.05) is 4.47 Å². The van der Waals surface area contributed by atoms with Gasteiger partial charge in [-0.2, -0.15) is 0 Å². The van der Waals surface area contributed by atoms with Crippen LogP contribution in [-0.2, 0) is 19.1 Å². The summed E-state index contributed by atoms with van der Waals surface area (Å²) in [6.07, 6.45) is 4.62. The number of methoxy groups -OCH3 is 3. The van der Waals surface area contributed by atoms with E-state index in [2.05, 4.69) is 25.4 Å². The van der Waals surface area contributed by atoms with Crippen LogP contribution >= 0.6 is 15.9 Å². The SMILES string of the molecule is COC(=O)C(=C/C=C\c1cc(OC)ccc1Br)C(=O)OC. The van der Waals surface area contributed by atoms with Gasteiger partial charge in [0.25, 0.3) is 0 Å². The summed E-state index contributed by atoms with van der Waals surface area (Å²) in [4.78, 5) is 22.9. The molecule has 1 aromatic rings. The van der Waals surface area contributed by atoms with E-state index >= 15 is 0 Å². The molecule has 0 radical (unpaired) electrons. The van der Waals surface area contributed by atoms with E-state index < -0.39 is 11.9 Å². The van der Waals surface area contributed by atoms with Crippen molar-refractivity contribution in [2.45, 2.75) is 0 Å². The van der Waals surface area contributed by atoms with Gasteiger partial charge < -0.3 is 14.2 Å². The summed E-state index contributed by atoms with van der Waals surface area (Å²) in [6.45, 7) is 0. The van der Waals surface area contributed by atoms with Crippen LogP contribution in [0.4, 0.5) is 0 Å². The summed E-state index contributed by atoms with van der Waals surface area (Å²) in [5.41, 5.74) is 0.648. The molecule has 0 spiro atoms. The topological polar surface area (TPSA) is 61.8 Å². The molecule has 6 heteroatoms. The van der Waals surface area contributed by atoms with Crippen LogP contribution in [0.5, 0.6) is 5.75 Å². The van der Waals surface area contributed by atoms with Crippen LogP contribution in [0.1, 0.15) is 5.56 Å². The van der Waals surface area contributed by atoms with E-state index in [0.717, 1.165) is 10.0 Å². The molecule has 0 aliphatic carbocycles. The maximum atomic E-state index is 11.5. The molecule has 0 aliphatic heterocycles. The average Bonchev–Trinajstić information content (AvgIpc) is 2.51. The summed E-state index contributed by atoms with van der Waals surface area (Å²) in [6, 6.07) is 5.46. The first-order valence-corrected chi connectivity index (χ1v) is 6.71. The number of hydrogen-bond donors (Lipinski definition) is 0. The van der Waals surface area contributed by atoms with Gasteiger partial charge in [-0.05, 0) is 29.8 Å². The Kier molecular flexibility index (Phi) is 6.68. The van der Waals surface area contributed by atoms with Crippen molar-refractivity contribution in [3.8, 4) is 5.75 Å². The molecule has 0 aliphatic rings. The Hall–Kier alpha value is -2.08. The Balaban J connectivity index is 3.04. The molecule has 0 bridgehead atoms. The quantitative estimate of drug-likeness (QED) is 0.267. The van der Waals surface area contributed by atoms with Crippen molar-refractivity contribution in [1.82, 2.24) is 0 Å². The molecule has 1 rings (SSSR count). The predicted octanol–water partition coefficient (Wildman–Crippen LogP) is 2.74. The Morgan fingerprint density at radius 3 is 2.24 bits per heavy atom. The second kappa shape index (κ2) is 8.26. The number of rotatable bonds is 5. The Morgan fingerprint density at radius 2 is 1.71 bits per heavy atom. The summed E-state index contributed by atoms with van der Waals surface area (Å²) >= 11 is 3.40. The van der Waals surface area contributed by atoms with Crippen LogP contribution in [0.2, 0.25) is 0 Å². The monoisotopic (exact) mass is 354 g/mol. The fourth-order valence-electron chi connectivity index (χ4n) is 1.46. The fraction of sp³-hybridized carbons (Fsp3) is 0.200. The van der Waals surface area contributed by atoms with E-state index in [0.29, 0.717) is 5.75 Å². The number of carbonyl (C=O) groups excluding carboxylic acids is 2. The molecule has 21 heavy (non-hydrogen) atoms. The maximum absolute atomic E-state index is 11.5. The highest BCUT2D eigenvalue weighted by atomic mass is 79.9. The van der Waals surface area contributed by atoms with Crippen molar-refractivity contribution < 1.29 is 23.8 Å². The number of esters is 2. The van der Waals surface area contributed by atoms with Gasteiger partial charge in [-0.15, -0.1) is 0 Å². The molecule has 0 fully saturated rings. The summed E-state index contributed by atoms with van der Waals surface area (Å²) in [7, 11) is 3.96. The van der Waals surface area contributed by atoms with Crippen LogP contribution in [0, 0.1) is 0 Å². The molecule has 0 heterocycles. The molecule has 5 nitrogen and oxygen atoms in total. The molecule has 0 saturated heterocycles. The average molecular weight is 355 g/mol. The lowest BCUT2D eigenvalue weighted by atomic mass is 10.2. The molecule has 0 unspecified atom stereocenters. The normalized spacial score (nSPS) is 10.1. The minimum absolute atomic E-state index is 0.185. The maximum Gasteiger partial charge on any atom is 0.345 e. The van der Waals surface area contributed by atoms with Gasteiger partial charge in [-0.25, -0.2) is 9.59 Å². The van der Waals surface area contributed by atoms with E-state index in [1.807, 2.05) is 18.2 Å². The molecule has 0 amide bonds. The van der Waals surface area contributed by atoms with Gasteiger partial charge in [0.2, 0.25) is 0 Å². The zero-order valence-corrected chi connectivity index (χ0v) is 13.5. The zero-order chi connectivity index (χ0) is 15.8. The highest BCUT2D eigenvalue weighted by Gasteiger charge is 2.18. The number of carbonyl (C=O) groups is 2. The zero-order valence-electron chi connectivity index (χ0n) is 11.9. The van der Waals surface area contributed by atoms with Crippen molar-refractivity contribution >= 4 is 33.9 Å². The lowest BCUT2D eigenvalue weighted by Crippen LogP contribution is -2.15. The third-order valence-corrected chi connectivity index (χ3v) is 3.27. The number of halogens is 1. The molecule has 0 aromatic heterocycles. The van der Waals surface area contributed by atoms with Crippen LogP contribution < -0.4 is 4.74 Å². The summed E-state index contributed by atoms with van der Waals surface area (Å²) in [5.74, 6) is -0.810. The molecule has 0 atom stereocenters. The number of allylic oxidation sites excluding steroid dienone is 2. The number of benzene rings is 1. The van der Waals surface area contributed by atoms with Crippen molar-refractivity contribution in [3.63, 3.8) is 0 Å². The van der Waals surface area contributed by atoms with Gasteiger partial charge in [0.15, 0.2) is 0 Å². The van der Waals surface area contributed by atoms with Gasteiger partial charge in [0.1, 0.15) is 11.3 Å². The fourth-order valence-corrected chi connectivity index (χ4v) is 1.84. The molecular weight excluding hydrogens is 340 g/mol. The molecule has 0 N–H and O–H groups in total. The van der Waals surface area contributed by atoms with Gasteiger partial charge in [0.05, 0.1) is 21.3 Å². The summed E-state index contributed by atoms with van der Waals surface area (Å²) < 4.78 is 15.0. The third kappa shape index (κ3) is 4.75. The van der Waals surface area contributed by atoms with E-state index in [4.69, 9.17) is 4.74 Å². The first kappa shape index (κ1) is 17.0. The van der Waals surface area contributed by atoms with Crippen LogP contribution in [0.25, 0.3) is 6.08 Å². The lowest BCUT2D eigenvalue weighted by molar-refractivity contribution is -0.144. The molecule has 0 saturated carbocycles. The smallest absolute Gasteiger partial charge is 0.345 e. The van der Waals surface area contributed by atoms with Gasteiger partial charge >= 0.3 is 11.9 Å². The highest BCUT2D eigenvalue weighted by Crippen LogP contribution is 2.23. The van der Waals surface area contributed by atoms with E-state index in [1.165, 1.54) is 20.3 Å². The molecular formula is C15H15BrO5. The van der Waals surface area contributed by atoms with E-state index in [1.54, 1.807) is 19.3 Å². The largest absolute Gasteiger partial charge is 0.497 e. The van der Waals surface area contributed by atoms with Crippen LogP contribution in [-0.4, -0.2) is 33.3 Å². The molecule has 112 valence electrons. The number of hydrogen-bond acceptors (Lipinski definition) is 5. The van der Waals surface area contributed by atoms with Crippen molar-refractivity contribution in [2.75, 3.05) is 21.3 Å². The van der Waals surface area contributed by atoms with Gasteiger partial charge in [-0.1, -0.05) is 28.1 Å². The van der Waals surface area contributed by atoms with E-state index in [-0.39, 0.29) is 5.57 Å². The second-order valence-electron chi connectivity index (χ2n) is 3.81. The van der Waals surface area contributed by atoms with Crippen LogP contribution in [0.3, 0.4) is 0 Å². The number of ether oxygens (including phenoxy) is 3. The molecule has 1 aromatic carbocycles. The van der Waals surface area contributed by atoms with Crippen molar-refractivity contribution in [2.24, 2.45) is 0 Å². The standard InChI is InChI=1S/C15H15BrO5/c1-19-11-7-8-13(16)10(9-11)5-4-6-12(14(17)20-2)15(18)21-3/h4-9H,1-3H3/b5-4-. The van der Waals surface area contributed by atoms with Crippen molar-refractivity contribution in [1.29, 1.82) is 0 Å². The highest BCUT2D eigenvalue weighted by molar-refractivity contribution is 9.10. The predicted molar refractivity (Wildman–Crippen MR) is 81.8 cm³/mol. The van der Waals surface area contributed by atoms with E-state index in [9.17, 15) is 9.59 Å². The minimum atomic E-state index is -0.754. The summed E-state index contributed by atoms with van der Waals surface area (Å²) in [5, 5.41) is 0. The second-order valence-corrected chi connectivity index (χ2v) is 4.66. The van der Waals surface area contributed by atoms with Gasteiger partial charge in [-0.3, -0.25) is 0 Å². The lowest BCUT2D eigenvalue weighted by Gasteiger charge is -2.03.